The summed E-state index contributed by atoms with van der Waals surface area (Å²) in [7, 11) is 0. The van der Waals surface area contributed by atoms with Gasteiger partial charge in [-0.3, -0.25) is 4.79 Å². The molecule has 0 unspecified atom stereocenters. The number of carbonyl (C=O) groups is 1. The zero-order valence-corrected chi connectivity index (χ0v) is 13.7. The fraction of sp³-hybridized carbons (Fsp3) is 0.588. The summed E-state index contributed by atoms with van der Waals surface area (Å²) in [5.41, 5.74) is 1.04. The fourth-order valence-corrected chi connectivity index (χ4v) is 4.04. The van der Waals surface area contributed by atoms with Crippen LogP contribution in [0.2, 0.25) is 0 Å². The van der Waals surface area contributed by atoms with Gasteiger partial charge in [-0.15, -0.1) is 0 Å². The fourth-order valence-electron chi connectivity index (χ4n) is 2.79. The molecule has 1 aromatic rings. The highest BCUT2D eigenvalue weighted by atomic mass is 32.2. The number of rotatable bonds is 7. The maximum Gasteiger partial charge on any atom is 0.310 e. The number of carbonyl (C=O) groups excluding carboxylic acids is 1. The first kappa shape index (κ1) is 16.4. The monoisotopic (exact) mass is 307 g/mol. The van der Waals surface area contributed by atoms with Crippen LogP contribution in [0.5, 0.6) is 0 Å². The zero-order valence-electron chi connectivity index (χ0n) is 12.9. The summed E-state index contributed by atoms with van der Waals surface area (Å²) in [6.45, 7) is 5.58. The Bertz CT molecular complexity index is 432. The lowest BCUT2D eigenvalue weighted by molar-refractivity contribution is -0.149. The van der Waals surface area contributed by atoms with E-state index in [1.165, 1.54) is 6.42 Å². The molecule has 3 atom stereocenters. The summed E-state index contributed by atoms with van der Waals surface area (Å²) < 4.78 is 5.50. The topological polar surface area (TPSA) is 38.3 Å². The van der Waals surface area contributed by atoms with Crippen molar-refractivity contribution in [1.29, 1.82) is 0 Å². The molecule has 0 radical (unpaired) electrons. The molecule has 1 saturated heterocycles. The van der Waals surface area contributed by atoms with Crippen molar-refractivity contribution in [3.8, 4) is 0 Å². The molecule has 1 aromatic carbocycles. The van der Waals surface area contributed by atoms with Crippen molar-refractivity contribution in [2.45, 2.75) is 44.6 Å². The van der Waals surface area contributed by atoms with E-state index in [0.29, 0.717) is 17.9 Å². The van der Waals surface area contributed by atoms with E-state index in [1.54, 1.807) is 0 Å². The molecular weight excluding hydrogens is 282 g/mol. The van der Waals surface area contributed by atoms with Crippen molar-refractivity contribution in [2.75, 3.05) is 12.3 Å². The Morgan fingerprint density at radius 1 is 1.43 bits per heavy atom. The van der Waals surface area contributed by atoms with Gasteiger partial charge in [0.05, 0.1) is 5.92 Å². The maximum absolute atomic E-state index is 12.3. The highest BCUT2D eigenvalue weighted by Crippen LogP contribution is 2.28. The van der Waals surface area contributed by atoms with Crippen molar-refractivity contribution in [3.63, 3.8) is 0 Å². The predicted octanol–water partition coefficient (Wildman–Crippen LogP) is 3.24. The van der Waals surface area contributed by atoms with Crippen LogP contribution < -0.4 is 5.32 Å². The molecule has 21 heavy (non-hydrogen) atoms. The Morgan fingerprint density at radius 3 is 2.81 bits per heavy atom. The molecule has 0 aromatic heterocycles. The summed E-state index contributed by atoms with van der Waals surface area (Å²) in [6, 6.07) is 10.3. The standard InChI is InChI=1S/C17H25NO2S/c1-3-21-16(15-10-7-11-18-15)13(2)17(19)20-12-14-8-5-4-6-9-14/h4-6,8-9,13,15-16,18H,3,7,10-12H2,1-2H3/t13-,15+,16-/m1/s1. The van der Waals surface area contributed by atoms with E-state index in [9.17, 15) is 4.79 Å². The number of ether oxygens (including phenoxy) is 1. The summed E-state index contributed by atoms with van der Waals surface area (Å²) in [5.74, 6) is 0.867. The quantitative estimate of drug-likeness (QED) is 0.785. The van der Waals surface area contributed by atoms with Gasteiger partial charge in [0.25, 0.3) is 0 Å². The summed E-state index contributed by atoms with van der Waals surface area (Å²) >= 11 is 1.87. The first-order valence-corrected chi connectivity index (χ1v) is 8.82. The van der Waals surface area contributed by atoms with Crippen LogP contribution in [0.1, 0.15) is 32.3 Å². The second kappa shape index (κ2) is 8.44. The Labute approximate surface area is 131 Å². The van der Waals surface area contributed by atoms with Crippen molar-refractivity contribution in [1.82, 2.24) is 5.32 Å². The summed E-state index contributed by atoms with van der Waals surface area (Å²) in [4.78, 5) is 12.3. The molecule has 3 nitrogen and oxygen atoms in total. The maximum atomic E-state index is 12.3. The lowest BCUT2D eigenvalue weighted by atomic mass is 10.00. The molecule has 2 rings (SSSR count). The van der Waals surface area contributed by atoms with Gasteiger partial charge < -0.3 is 10.1 Å². The average Bonchev–Trinajstić information content (AvgIpc) is 3.04. The summed E-state index contributed by atoms with van der Waals surface area (Å²) in [5, 5.41) is 3.83. The Balaban J connectivity index is 1.89. The smallest absolute Gasteiger partial charge is 0.310 e. The first-order chi connectivity index (χ1) is 10.2. The Morgan fingerprint density at radius 2 is 2.19 bits per heavy atom. The third-order valence-electron chi connectivity index (χ3n) is 3.94. The SMILES string of the molecule is CCS[C@@H]([C@@H]1CCCN1)[C@@H](C)C(=O)OCc1ccccc1. The molecule has 0 spiro atoms. The van der Waals surface area contributed by atoms with Crippen molar-refractivity contribution in [3.05, 3.63) is 35.9 Å². The van der Waals surface area contributed by atoms with E-state index in [2.05, 4.69) is 12.2 Å². The molecule has 0 saturated carbocycles. The van der Waals surface area contributed by atoms with Crippen LogP contribution in [-0.4, -0.2) is 29.6 Å². The van der Waals surface area contributed by atoms with E-state index in [-0.39, 0.29) is 11.9 Å². The molecule has 1 fully saturated rings. The van der Waals surface area contributed by atoms with Gasteiger partial charge in [0.15, 0.2) is 0 Å². The summed E-state index contributed by atoms with van der Waals surface area (Å²) in [6.07, 6.45) is 2.37. The van der Waals surface area contributed by atoms with Crippen LogP contribution in [0.3, 0.4) is 0 Å². The van der Waals surface area contributed by atoms with Crippen LogP contribution in [-0.2, 0) is 16.1 Å². The molecule has 116 valence electrons. The number of thioether (sulfide) groups is 1. The van der Waals surface area contributed by atoms with Gasteiger partial charge >= 0.3 is 5.97 Å². The van der Waals surface area contributed by atoms with Crippen molar-refractivity contribution >= 4 is 17.7 Å². The third kappa shape index (κ3) is 4.75. The van der Waals surface area contributed by atoms with Gasteiger partial charge in [-0.25, -0.2) is 0 Å². The molecule has 0 amide bonds. The Hall–Kier alpha value is -1.00. The molecule has 1 aliphatic rings. The number of hydrogen-bond donors (Lipinski definition) is 1. The normalized spacial score (nSPS) is 21.0. The van der Waals surface area contributed by atoms with E-state index in [1.807, 2.05) is 49.0 Å². The zero-order chi connectivity index (χ0) is 15.1. The van der Waals surface area contributed by atoms with Gasteiger partial charge in [0.1, 0.15) is 6.61 Å². The number of hydrogen-bond acceptors (Lipinski definition) is 4. The second-order valence-electron chi connectivity index (χ2n) is 5.50. The minimum atomic E-state index is -0.0847. The second-order valence-corrected chi connectivity index (χ2v) is 6.96. The van der Waals surface area contributed by atoms with Crippen molar-refractivity contribution < 1.29 is 9.53 Å². The molecule has 4 heteroatoms. The van der Waals surface area contributed by atoms with Crippen LogP contribution in [0.15, 0.2) is 30.3 Å². The van der Waals surface area contributed by atoms with Gasteiger partial charge in [-0.2, -0.15) is 11.8 Å². The number of esters is 1. The number of nitrogens with one attached hydrogen (secondary N) is 1. The molecule has 0 bridgehead atoms. The van der Waals surface area contributed by atoms with Gasteiger partial charge in [-0.05, 0) is 30.7 Å². The van der Waals surface area contributed by atoms with Crippen LogP contribution in [0, 0.1) is 5.92 Å². The van der Waals surface area contributed by atoms with E-state index in [4.69, 9.17) is 4.74 Å². The minimum Gasteiger partial charge on any atom is -0.461 e. The lowest BCUT2D eigenvalue weighted by Gasteiger charge is -2.27. The Kier molecular flexibility index (Phi) is 6.58. The lowest BCUT2D eigenvalue weighted by Crippen LogP contribution is -2.40. The molecular formula is C17H25NO2S. The first-order valence-electron chi connectivity index (χ1n) is 7.78. The van der Waals surface area contributed by atoms with Gasteiger partial charge in [0.2, 0.25) is 0 Å². The molecule has 1 aliphatic heterocycles. The average molecular weight is 307 g/mol. The van der Waals surface area contributed by atoms with Crippen molar-refractivity contribution in [2.24, 2.45) is 5.92 Å². The molecule has 0 aliphatic carbocycles. The van der Waals surface area contributed by atoms with Crippen LogP contribution in [0.4, 0.5) is 0 Å². The van der Waals surface area contributed by atoms with Crippen LogP contribution in [0.25, 0.3) is 0 Å². The van der Waals surface area contributed by atoms with Gasteiger partial charge in [0, 0.05) is 11.3 Å². The van der Waals surface area contributed by atoms with Crippen LogP contribution >= 0.6 is 11.8 Å². The van der Waals surface area contributed by atoms with E-state index < -0.39 is 0 Å². The number of benzene rings is 1. The highest BCUT2D eigenvalue weighted by Gasteiger charge is 2.33. The van der Waals surface area contributed by atoms with Gasteiger partial charge in [-0.1, -0.05) is 44.2 Å². The molecule has 1 heterocycles. The van der Waals surface area contributed by atoms with E-state index in [0.717, 1.165) is 24.3 Å². The largest absolute Gasteiger partial charge is 0.461 e. The molecule has 1 N–H and O–H groups in total. The minimum absolute atomic E-state index is 0.0748. The highest BCUT2D eigenvalue weighted by molar-refractivity contribution is 7.99. The predicted molar refractivity (Wildman–Crippen MR) is 88.3 cm³/mol. The third-order valence-corrected chi connectivity index (χ3v) is 5.40. The van der Waals surface area contributed by atoms with E-state index >= 15 is 0 Å².